The fourth-order valence-electron chi connectivity index (χ4n) is 1.87. The average Bonchev–Trinajstić information content (AvgIpc) is 2.95. The molecular weight excluding hydrogens is 306 g/mol. The van der Waals surface area contributed by atoms with Gasteiger partial charge < -0.3 is 5.32 Å². The van der Waals surface area contributed by atoms with Gasteiger partial charge in [0.15, 0.2) is 0 Å². The normalized spacial score (nSPS) is 10.0. The second-order valence-corrected chi connectivity index (χ2v) is 5.32. The molecule has 0 spiro atoms. The quantitative estimate of drug-likeness (QED) is 0.727. The van der Waals surface area contributed by atoms with Gasteiger partial charge in [-0.1, -0.05) is 0 Å². The minimum Gasteiger partial charge on any atom is -0.340 e. The van der Waals surface area contributed by atoms with Gasteiger partial charge in [0, 0.05) is 5.69 Å². The molecule has 0 unspecified atom stereocenters. The van der Waals surface area contributed by atoms with Gasteiger partial charge in [-0.05, 0) is 41.2 Å². The summed E-state index contributed by atoms with van der Waals surface area (Å²) < 4.78 is 0. The number of nitriles is 2. The molecule has 100 valence electrons. The van der Waals surface area contributed by atoms with Crippen molar-refractivity contribution in [3.05, 3.63) is 46.1 Å². The van der Waals surface area contributed by atoms with Crippen LogP contribution < -0.4 is 5.32 Å². The first-order valence-electron chi connectivity index (χ1n) is 5.83. The van der Waals surface area contributed by atoms with Crippen molar-refractivity contribution in [1.29, 1.82) is 10.5 Å². The van der Waals surface area contributed by atoms with E-state index in [1.165, 1.54) is 11.3 Å². The van der Waals surface area contributed by atoms with Crippen molar-refractivity contribution in [1.82, 2.24) is 9.97 Å². The maximum atomic E-state index is 9.05. The van der Waals surface area contributed by atoms with Crippen LogP contribution in [-0.4, -0.2) is 9.97 Å². The lowest BCUT2D eigenvalue weighted by Gasteiger charge is -2.07. The zero-order chi connectivity index (χ0) is 14.8. The third-order valence-electron chi connectivity index (χ3n) is 2.82. The van der Waals surface area contributed by atoms with Crippen molar-refractivity contribution < 1.29 is 0 Å². The Morgan fingerprint density at radius 3 is 2.67 bits per heavy atom. The average molecular weight is 312 g/mol. The molecule has 21 heavy (non-hydrogen) atoms. The molecule has 0 atom stereocenters. The summed E-state index contributed by atoms with van der Waals surface area (Å²) in [4.78, 5) is 9.09. The number of hydrogen-bond donors (Lipinski definition) is 1. The van der Waals surface area contributed by atoms with Crippen molar-refractivity contribution in [2.45, 2.75) is 0 Å². The number of aromatic nitrogens is 2. The van der Waals surface area contributed by atoms with E-state index in [0.717, 1.165) is 10.2 Å². The molecule has 0 radical (unpaired) electrons. The zero-order valence-electron chi connectivity index (χ0n) is 10.5. The van der Waals surface area contributed by atoms with E-state index >= 15 is 0 Å². The van der Waals surface area contributed by atoms with Crippen LogP contribution in [-0.2, 0) is 0 Å². The van der Waals surface area contributed by atoms with Crippen LogP contribution in [0.15, 0.2) is 29.6 Å². The number of nitrogens with one attached hydrogen (secondary N) is 1. The fourth-order valence-corrected chi connectivity index (χ4v) is 2.86. The number of fused-ring (bicyclic) bond motifs is 1. The maximum absolute atomic E-state index is 9.05. The Hall–Kier alpha value is -2.67. The molecule has 0 fully saturated rings. The molecule has 0 aliphatic heterocycles. The third kappa shape index (κ3) is 2.50. The smallest absolute Gasteiger partial charge is 0.225 e. The SMILES string of the molecule is N#Cc1ccc(Nc2nc(Cl)nc3sccc23)cc1C#N. The molecule has 7 heteroatoms. The minimum atomic E-state index is 0.154. The van der Waals surface area contributed by atoms with Crippen molar-refractivity contribution in [2.75, 3.05) is 5.32 Å². The summed E-state index contributed by atoms with van der Waals surface area (Å²) in [5.41, 5.74) is 1.31. The van der Waals surface area contributed by atoms with Crippen LogP contribution in [0.1, 0.15) is 11.1 Å². The van der Waals surface area contributed by atoms with Crippen LogP contribution in [0.25, 0.3) is 10.2 Å². The molecule has 0 aliphatic rings. The molecule has 1 aromatic carbocycles. The molecule has 0 bridgehead atoms. The van der Waals surface area contributed by atoms with Gasteiger partial charge in [-0.3, -0.25) is 0 Å². The number of nitrogens with zero attached hydrogens (tertiary/aromatic N) is 4. The monoisotopic (exact) mass is 311 g/mol. The van der Waals surface area contributed by atoms with Crippen molar-refractivity contribution in [2.24, 2.45) is 0 Å². The van der Waals surface area contributed by atoms with Crippen molar-refractivity contribution >= 4 is 44.7 Å². The number of thiophene rings is 1. The first-order chi connectivity index (χ1) is 10.2. The Morgan fingerprint density at radius 1 is 1.10 bits per heavy atom. The summed E-state index contributed by atoms with van der Waals surface area (Å²) >= 11 is 7.37. The molecule has 3 rings (SSSR count). The molecule has 2 aromatic heterocycles. The Labute approximate surface area is 129 Å². The highest BCUT2D eigenvalue weighted by atomic mass is 35.5. The second-order valence-electron chi connectivity index (χ2n) is 4.09. The summed E-state index contributed by atoms with van der Waals surface area (Å²) in [5, 5.41) is 24.0. The van der Waals surface area contributed by atoms with Crippen LogP contribution in [0.4, 0.5) is 11.5 Å². The lowest BCUT2D eigenvalue weighted by molar-refractivity contribution is 1.23. The van der Waals surface area contributed by atoms with Crippen LogP contribution in [0, 0.1) is 22.7 Å². The molecule has 3 aromatic rings. The number of benzene rings is 1. The van der Waals surface area contributed by atoms with Gasteiger partial charge in [0.2, 0.25) is 5.28 Å². The van der Waals surface area contributed by atoms with E-state index in [-0.39, 0.29) is 5.28 Å². The van der Waals surface area contributed by atoms with Crippen LogP contribution in [0.3, 0.4) is 0 Å². The molecule has 2 heterocycles. The number of anilines is 2. The standard InChI is InChI=1S/C14H6ClN5S/c15-14-19-12(11-3-4-21-13(11)20-14)18-10-2-1-8(6-16)9(5-10)7-17/h1-5H,(H,18,19,20). The van der Waals surface area contributed by atoms with E-state index in [0.29, 0.717) is 22.6 Å². The number of rotatable bonds is 2. The Kier molecular flexibility index (Phi) is 3.41. The largest absolute Gasteiger partial charge is 0.340 e. The van der Waals surface area contributed by atoms with Gasteiger partial charge in [-0.2, -0.15) is 15.5 Å². The molecule has 5 nitrogen and oxygen atoms in total. The van der Waals surface area contributed by atoms with Gasteiger partial charge in [-0.25, -0.2) is 4.98 Å². The highest BCUT2D eigenvalue weighted by Gasteiger charge is 2.09. The predicted octanol–water partition coefficient (Wildman–Crippen LogP) is 3.83. The second kappa shape index (κ2) is 5.37. The van der Waals surface area contributed by atoms with Crippen molar-refractivity contribution in [3.8, 4) is 12.1 Å². The predicted molar refractivity (Wildman–Crippen MR) is 81.6 cm³/mol. The van der Waals surface area contributed by atoms with Crippen molar-refractivity contribution in [3.63, 3.8) is 0 Å². The summed E-state index contributed by atoms with van der Waals surface area (Å²) in [5.74, 6) is 0.569. The Morgan fingerprint density at radius 2 is 1.90 bits per heavy atom. The summed E-state index contributed by atoms with van der Waals surface area (Å²) in [7, 11) is 0. The Bertz CT molecular complexity index is 919. The molecular formula is C14H6ClN5S. The van der Waals surface area contributed by atoms with E-state index in [1.54, 1.807) is 18.2 Å². The maximum Gasteiger partial charge on any atom is 0.225 e. The number of hydrogen-bond acceptors (Lipinski definition) is 6. The first-order valence-corrected chi connectivity index (χ1v) is 7.09. The zero-order valence-corrected chi connectivity index (χ0v) is 12.0. The Balaban J connectivity index is 2.05. The summed E-state index contributed by atoms with van der Waals surface area (Å²) in [6.07, 6.45) is 0. The molecule has 0 amide bonds. The van der Waals surface area contributed by atoms with Gasteiger partial charge in [-0.15, -0.1) is 11.3 Å². The van der Waals surface area contributed by atoms with Gasteiger partial charge in [0.1, 0.15) is 22.8 Å². The van der Waals surface area contributed by atoms with E-state index < -0.39 is 0 Å². The first kappa shape index (κ1) is 13.3. The van der Waals surface area contributed by atoms with E-state index in [2.05, 4.69) is 15.3 Å². The lowest BCUT2D eigenvalue weighted by atomic mass is 10.1. The van der Waals surface area contributed by atoms with E-state index in [9.17, 15) is 0 Å². The molecule has 0 saturated carbocycles. The topological polar surface area (TPSA) is 85.4 Å². The fraction of sp³-hybridized carbons (Fsp3) is 0. The number of halogens is 1. The summed E-state index contributed by atoms with van der Waals surface area (Å²) in [6.45, 7) is 0. The van der Waals surface area contributed by atoms with E-state index in [1.807, 2.05) is 23.6 Å². The summed E-state index contributed by atoms with van der Waals surface area (Å²) in [6, 6.07) is 10.8. The van der Waals surface area contributed by atoms with Crippen LogP contribution >= 0.6 is 22.9 Å². The molecule has 0 saturated heterocycles. The van der Waals surface area contributed by atoms with E-state index in [4.69, 9.17) is 22.1 Å². The van der Waals surface area contributed by atoms with Gasteiger partial charge in [0.25, 0.3) is 0 Å². The van der Waals surface area contributed by atoms with Gasteiger partial charge >= 0.3 is 0 Å². The van der Waals surface area contributed by atoms with Crippen LogP contribution in [0.5, 0.6) is 0 Å². The highest BCUT2D eigenvalue weighted by Crippen LogP contribution is 2.29. The van der Waals surface area contributed by atoms with Gasteiger partial charge in [0.05, 0.1) is 16.5 Å². The third-order valence-corrected chi connectivity index (χ3v) is 3.80. The minimum absolute atomic E-state index is 0.154. The molecule has 0 aliphatic carbocycles. The van der Waals surface area contributed by atoms with Crippen LogP contribution in [0.2, 0.25) is 5.28 Å². The highest BCUT2D eigenvalue weighted by molar-refractivity contribution is 7.16. The molecule has 1 N–H and O–H groups in total. The lowest BCUT2D eigenvalue weighted by Crippen LogP contribution is -1.97.